The van der Waals surface area contributed by atoms with Gasteiger partial charge in [0.1, 0.15) is 0 Å². The Morgan fingerprint density at radius 2 is 2.27 bits per heavy atom. The van der Waals surface area contributed by atoms with Crippen molar-refractivity contribution in [2.75, 3.05) is 6.61 Å². The number of hydrogen-bond acceptors (Lipinski definition) is 3. The summed E-state index contributed by atoms with van der Waals surface area (Å²) in [5, 5.41) is 12.7. The van der Waals surface area contributed by atoms with Crippen molar-refractivity contribution in [1.29, 1.82) is 0 Å². The van der Waals surface area contributed by atoms with Gasteiger partial charge in [0.05, 0.1) is 12.3 Å². The number of aliphatic hydroxyl groups excluding tert-OH is 1. The summed E-state index contributed by atoms with van der Waals surface area (Å²) in [5.41, 5.74) is 4.27. The minimum atomic E-state index is 0.0219. The molecule has 0 aromatic rings. The second kappa shape index (κ2) is 5.92. The van der Waals surface area contributed by atoms with E-state index in [4.69, 9.17) is 5.11 Å². The number of nitrogens with zero attached hydrogens (tertiary/aromatic N) is 1. The molecule has 0 saturated heterocycles. The summed E-state index contributed by atoms with van der Waals surface area (Å²) in [6, 6.07) is 0. The van der Waals surface area contributed by atoms with Crippen LogP contribution >= 0.6 is 0 Å². The van der Waals surface area contributed by atoms with Gasteiger partial charge in [-0.1, -0.05) is 19.9 Å². The molecule has 0 heterocycles. The molecule has 64 valence electrons. The molecule has 0 aromatic heterocycles. The standard InChI is InChI=1S/C8H16N2O/c1-4-5-8(6-11)10-9-7(2)3/h9,11H,2,4-6H2,1,3H3/b10-8+. The van der Waals surface area contributed by atoms with Gasteiger partial charge in [0.25, 0.3) is 0 Å². The number of allylic oxidation sites excluding steroid dienone is 1. The third kappa shape index (κ3) is 5.61. The molecule has 11 heavy (non-hydrogen) atoms. The fraction of sp³-hybridized carbons (Fsp3) is 0.625. The molecular formula is C8H16N2O. The SMILES string of the molecule is C=C(C)N/N=C(/CO)CCC. The van der Waals surface area contributed by atoms with Gasteiger partial charge in [0.15, 0.2) is 0 Å². The first-order valence-electron chi connectivity index (χ1n) is 3.78. The van der Waals surface area contributed by atoms with Crippen LogP contribution in [-0.2, 0) is 0 Å². The Kier molecular flexibility index (Phi) is 5.47. The van der Waals surface area contributed by atoms with E-state index in [2.05, 4.69) is 17.1 Å². The van der Waals surface area contributed by atoms with Gasteiger partial charge in [-0.15, -0.1) is 0 Å². The van der Waals surface area contributed by atoms with Gasteiger partial charge >= 0.3 is 0 Å². The van der Waals surface area contributed by atoms with E-state index in [1.54, 1.807) is 0 Å². The fourth-order valence-electron chi connectivity index (χ4n) is 0.633. The van der Waals surface area contributed by atoms with Gasteiger partial charge in [-0.05, 0) is 13.3 Å². The lowest BCUT2D eigenvalue weighted by Gasteiger charge is -2.01. The van der Waals surface area contributed by atoms with Crippen LogP contribution in [0.15, 0.2) is 17.4 Å². The van der Waals surface area contributed by atoms with Crippen LogP contribution in [0.2, 0.25) is 0 Å². The van der Waals surface area contributed by atoms with Gasteiger partial charge < -0.3 is 5.11 Å². The van der Waals surface area contributed by atoms with E-state index in [9.17, 15) is 0 Å². The maximum Gasteiger partial charge on any atom is 0.0831 e. The predicted molar refractivity (Wildman–Crippen MR) is 47.4 cm³/mol. The van der Waals surface area contributed by atoms with Crippen LogP contribution in [-0.4, -0.2) is 17.4 Å². The molecule has 0 fully saturated rings. The van der Waals surface area contributed by atoms with Crippen molar-refractivity contribution in [3.63, 3.8) is 0 Å². The molecule has 0 aliphatic carbocycles. The molecule has 0 saturated carbocycles. The minimum Gasteiger partial charge on any atom is -0.390 e. The smallest absolute Gasteiger partial charge is 0.0831 e. The molecule has 3 heteroatoms. The summed E-state index contributed by atoms with van der Waals surface area (Å²) < 4.78 is 0. The van der Waals surface area contributed by atoms with Crippen molar-refractivity contribution in [3.8, 4) is 0 Å². The van der Waals surface area contributed by atoms with Crippen molar-refractivity contribution in [1.82, 2.24) is 5.43 Å². The molecule has 0 atom stereocenters. The van der Waals surface area contributed by atoms with Gasteiger partial charge in [0, 0.05) is 5.70 Å². The zero-order chi connectivity index (χ0) is 8.69. The van der Waals surface area contributed by atoms with E-state index in [0.29, 0.717) is 0 Å². The Bertz CT molecular complexity index is 152. The minimum absolute atomic E-state index is 0.0219. The highest BCUT2D eigenvalue weighted by atomic mass is 16.3. The quantitative estimate of drug-likeness (QED) is 0.465. The fourth-order valence-corrected chi connectivity index (χ4v) is 0.633. The molecule has 0 bridgehead atoms. The summed E-state index contributed by atoms with van der Waals surface area (Å²) in [7, 11) is 0. The van der Waals surface area contributed by atoms with Crippen LogP contribution in [0.4, 0.5) is 0 Å². The molecular weight excluding hydrogens is 140 g/mol. The monoisotopic (exact) mass is 156 g/mol. The normalized spacial score (nSPS) is 11.4. The van der Waals surface area contributed by atoms with E-state index < -0.39 is 0 Å². The van der Waals surface area contributed by atoms with Gasteiger partial charge in [-0.3, -0.25) is 5.43 Å². The van der Waals surface area contributed by atoms with Crippen molar-refractivity contribution >= 4 is 5.71 Å². The highest BCUT2D eigenvalue weighted by Crippen LogP contribution is 1.91. The highest BCUT2D eigenvalue weighted by molar-refractivity contribution is 5.85. The van der Waals surface area contributed by atoms with Crippen molar-refractivity contribution < 1.29 is 5.11 Å². The van der Waals surface area contributed by atoms with E-state index in [1.165, 1.54) is 0 Å². The zero-order valence-electron chi connectivity index (χ0n) is 7.22. The lowest BCUT2D eigenvalue weighted by atomic mass is 10.2. The second-order valence-corrected chi connectivity index (χ2v) is 2.48. The number of nitrogens with one attached hydrogen (secondary N) is 1. The van der Waals surface area contributed by atoms with Crippen molar-refractivity contribution in [2.45, 2.75) is 26.7 Å². The van der Waals surface area contributed by atoms with Crippen LogP contribution in [0, 0.1) is 0 Å². The molecule has 0 amide bonds. The molecule has 0 radical (unpaired) electrons. The average molecular weight is 156 g/mol. The lowest BCUT2D eigenvalue weighted by Crippen LogP contribution is -2.11. The molecule has 0 spiro atoms. The van der Waals surface area contributed by atoms with E-state index in [0.717, 1.165) is 24.3 Å². The van der Waals surface area contributed by atoms with Crippen molar-refractivity contribution in [3.05, 3.63) is 12.3 Å². The summed E-state index contributed by atoms with van der Waals surface area (Å²) in [4.78, 5) is 0. The van der Waals surface area contributed by atoms with Gasteiger partial charge in [-0.2, -0.15) is 5.10 Å². The van der Waals surface area contributed by atoms with Crippen LogP contribution in [0.3, 0.4) is 0 Å². The topological polar surface area (TPSA) is 44.6 Å². The average Bonchev–Trinajstić information content (AvgIpc) is 1.97. The third-order valence-corrected chi connectivity index (χ3v) is 1.13. The lowest BCUT2D eigenvalue weighted by molar-refractivity contribution is 0.353. The van der Waals surface area contributed by atoms with Crippen LogP contribution in [0.25, 0.3) is 0 Å². The Morgan fingerprint density at radius 1 is 1.64 bits per heavy atom. The Balaban J connectivity index is 3.80. The third-order valence-electron chi connectivity index (χ3n) is 1.13. The number of aliphatic hydroxyl groups is 1. The van der Waals surface area contributed by atoms with Crippen LogP contribution in [0.1, 0.15) is 26.7 Å². The molecule has 0 aliphatic rings. The Morgan fingerprint density at radius 3 is 2.64 bits per heavy atom. The van der Waals surface area contributed by atoms with E-state index in [-0.39, 0.29) is 6.61 Å². The second-order valence-electron chi connectivity index (χ2n) is 2.48. The predicted octanol–water partition coefficient (Wildman–Crippen LogP) is 1.26. The molecule has 0 rings (SSSR count). The van der Waals surface area contributed by atoms with Crippen LogP contribution in [0.5, 0.6) is 0 Å². The number of rotatable bonds is 5. The molecule has 0 aliphatic heterocycles. The zero-order valence-corrected chi connectivity index (χ0v) is 7.22. The Labute approximate surface area is 67.8 Å². The molecule has 0 unspecified atom stereocenters. The maximum atomic E-state index is 8.77. The number of hydrazone groups is 1. The molecule has 2 N–H and O–H groups in total. The Hall–Kier alpha value is -0.830. The summed E-state index contributed by atoms with van der Waals surface area (Å²) in [6.45, 7) is 7.52. The van der Waals surface area contributed by atoms with Crippen molar-refractivity contribution in [2.24, 2.45) is 5.10 Å². The first-order valence-corrected chi connectivity index (χ1v) is 3.78. The van der Waals surface area contributed by atoms with Gasteiger partial charge in [-0.25, -0.2) is 0 Å². The first-order chi connectivity index (χ1) is 5.20. The highest BCUT2D eigenvalue weighted by Gasteiger charge is 1.93. The largest absolute Gasteiger partial charge is 0.390 e. The molecule has 3 nitrogen and oxygen atoms in total. The summed E-state index contributed by atoms with van der Waals surface area (Å²) >= 11 is 0. The summed E-state index contributed by atoms with van der Waals surface area (Å²) in [5.74, 6) is 0. The van der Waals surface area contributed by atoms with E-state index >= 15 is 0 Å². The summed E-state index contributed by atoms with van der Waals surface area (Å²) in [6.07, 6.45) is 1.83. The maximum absolute atomic E-state index is 8.77. The number of hydrogen-bond donors (Lipinski definition) is 2. The van der Waals surface area contributed by atoms with E-state index in [1.807, 2.05) is 13.8 Å². The van der Waals surface area contributed by atoms with Gasteiger partial charge in [0.2, 0.25) is 0 Å². The first kappa shape index (κ1) is 10.2. The molecule has 0 aromatic carbocycles. The van der Waals surface area contributed by atoms with Crippen LogP contribution < -0.4 is 5.43 Å².